The zero-order chi connectivity index (χ0) is 27.7. The Morgan fingerprint density at radius 1 is 1.00 bits per heavy atom. The van der Waals surface area contributed by atoms with Gasteiger partial charge in [0.1, 0.15) is 5.75 Å². The first-order valence-corrected chi connectivity index (χ1v) is 14.1. The molecule has 10 heteroatoms. The van der Waals surface area contributed by atoms with Gasteiger partial charge in [-0.05, 0) is 55.5 Å². The van der Waals surface area contributed by atoms with Crippen LogP contribution in [-0.4, -0.2) is 40.0 Å². The minimum Gasteiger partial charge on any atom is -0.496 e. The molecule has 0 spiro atoms. The minimum atomic E-state index is -3.89. The fourth-order valence-electron chi connectivity index (χ4n) is 4.92. The Kier molecular flexibility index (Phi) is 8.84. The van der Waals surface area contributed by atoms with Crippen molar-refractivity contribution in [3.05, 3.63) is 108 Å². The molecule has 1 amide bonds. The molecule has 0 aliphatic heterocycles. The number of aliphatic imine (C=N–C) groups is 1. The predicted molar refractivity (Wildman–Crippen MR) is 150 cm³/mol. The number of nitrogens with zero attached hydrogens (tertiary/aromatic N) is 2. The van der Waals surface area contributed by atoms with Crippen molar-refractivity contribution >= 4 is 21.9 Å². The Morgan fingerprint density at radius 3 is 2.26 bits per heavy atom. The standard InChI is InChI=1S/C29H31N5O4S/c1-30-33-28(34-39(36,37)24-13-7-4-8-14-24)32-23-17-19-29(20-18-23,22-11-5-3-6-12-22)21-31-27(35)25-15-9-10-16-26(25)38-2/h3-16,23H,17-21H2,2H3,(H,31,35)(H2,32,33,34). The van der Waals surface area contributed by atoms with Crippen LogP contribution in [0.2, 0.25) is 0 Å². The van der Waals surface area contributed by atoms with Crippen molar-refractivity contribution in [1.82, 2.24) is 15.5 Å². The molecule has 0 heterocycles. The summed E-state index contributed by atoms with van der Waals surface area (Å²) in [5.41, 5.74) is 3.64. The third-order valence-electron chi connectivity index (χ3n) is 7.00. The average molecular weight is 546 g/mol. The molecule has 1 aliphatic rings. The summed E-state index contributed by atoms with van der Waals surface area (Å²) < 4.78 is 33.3. The molecule has 3 aromatic carbocycles. The highest BCUT2D eigenvalue weighted by molar-refractivity contribution is 7.90. The number of amides is 1. The number of sulfonamides is 1. The van der Waals surface area contributed by atoms with E-state index in [0.717, 1.165) is 5.56 Å². The van der Waals surface area contributed by atoms with Crippen molar-refractivity contribution in [2.24, 2.45) is 4.99 Å². The number of hydrogen-bond donors (Lipinski definition) is 3. The number of nitrogens with one attached hydrogen (secondary N) is 3. The van der Waals surface area contributed by atoms with E-state index in [1.807, 2.05) is 24.3 Å². The van der Waals surface area contributed by atoms with Gasteiger partial charge in [-0.25, -0.2) is 18.1 Å². The van der Waals surface area contributed by atoms with Gasteiger partial charge in [-0.1, -0.05) is 66.1 Å². The topological polar surface area (TPSA) is 113 Å². The van der Waals surface area contributed by atoms with Crippen molar-refractivity contribution in [1.29, 1.82) is 0 Å². The summed E-state index contributed by atoms with van der Waals surface area (Å²) in [6.45, 7) is 7.61. The molecule has 9 nitrogen and oxygen atoms in total. The van der Waals surface area contributed by atoms with Gasteiger partial charge in [0.25, 0.3) is 21.9 Å². The number of methoxy groups -OCH3 is 1. The fraction of sp³-hybridized carbons (Fsp3) is 0.276. The normalized spacial score (nSPS) is 19.4. The third-order valence-corrected chi connectivity index (χ3v) is 8.35. The summed E-state index contributed by atoms with van der Waals surface area (Å²) in [7, 11) is -2.35. The molecular weight excluding hydrogens is 514 g/mol. The smallest absolute Gasteiger partial charge is 0.276 e. The lowest BCUT2D eigenvalue weighted by atomic mass is 9.68. The molecule has 4 rings (SSSR count). The van der Waals surface area contributed by atoms with Gasteiger partial charge in [0, 0.05) is 12.0 Å². The van der Waals surface area contributed by atoms with Crippen LogP contribution in [0.25, 0.3) is 4.95 Å². The first-order valence-electron chi connectivity index (χ1n) is 12.6. The summed E-state index contributed by atoms with van der Waals surface area (Å²) in [5, 5.41) is 3.11. The zero-order valence-electron chi connectivity index (χ0n) is 21.6. The van der Waals surface area contributed by atoms with Crippen LogP contribution in [0.5, 0.6) is 5.75 Å². The number of carbonyl (C=O) groups excluding carboxylic acids is 1. The van der Waals surface area contributed by atoms with Gasteiger partial charge in [0.15, 0.2) is 0 Å². The molecule has 0 unspecified atom stereocenters. The van der Waals surface area contributed by atoms with Gasteiger partial charge in [-0.3, -0.25) is 4.79 Å². The van der Waals surface area contributed by atoms with Crippen LogP contribution in [0.1, 0.15) is 41.6 Å². The van der Waals surface area contributed by atoms with Gasteiger partial charge in [0.2, 0.25) is 0 Å². The van der Waals surface area contributed by atoms with Crippen molar-refractivity contribution in [2.45, 2.75) is 42.0 Å². The molecule has 0 bridgehead atoms. The minimum absolute atomic E-state index is 0.0852. The molecule has 3 N–H and O–H groups in total. The monoisotopic (exact) mass is 545 g/mol. The Hall–Kier alpha value is -4.36. The maximum Gasteiger partial charge on any atom is 0.276 e. The highest BCUT2D eigenvalue weighted by atomic mass is 32.2. The van der Waals surface area contributed by atoms with E-state index in [-0.39, 0.29) is 28.2 Å². The second-order valence-electron chi connectivity index (χ2n) is 9.38. The number of benzene rings is 3. The van der Waals surface area contributed by atoms with E-state index >= 15 is 0 Å². The van der Waals surface area contributed by atoms with E-state index in [9.17, 15) is 13.2 Å². The van der Waals surface area contributed by atoms with Crippen LogP contribution >= 0.6 is 0 Å². The maximum atomic E-state index is 13.1. The van der Waals surface area contributed by atoms with E-state index < -0.39 is 10.0 Å². The molecule has 0 radical (unpaired) electrons. The molecule has 1 aliphatic carbocycles. The van der Waals surface area contributed by atoms with E-state index in [0.29, 0.717) is 43.5 Å². The summed E-state index contributed by atoms with van der Waals surface area (Å²) >= 11 is 0. The first-order chi connectivity index (χ1) is 18.9. The molecular formula is C29H31N5O4S. The molecule has 0 saturated heterocycles. The van der Waals surface area contributed by atoms with Crippen LogP contribution in [0.3, 0.4) is 0 Å². The number of rotatable bonds is 8. The van der Waals surface area contributed by atoms with Crippen LogP contribution in [0, 0.1) is 6.57 Å². The van der Waals surface area contributed by atoms with Crippen LogP contribution < -0.4 is 20.2 Å². The number of guanidine groups is 1. The molecule has 0 atom stereocenters. The van der Waals surface area contributed by atoms with Gasteiger partial charge in [-0.2, -0.15) is 11.5 Å². The second kappa shape index (κ2) is 12.5. The van der Waals surface area contributed by atoms with Crippen molar-refractivity contribution < 1.29 is 17.9 Å². The zero-order valence-corrected chi connectivity index (χ0v) is 22.4. The van der Waals surface area contributed by atoms with Gasteiger partial charge < -0.3 is 10.1 Å². The lowest BCUT2D eigenvalue weighted by molar-refractivity contribution is 0.0932. The first kappa shape index (κ1) is 27.7. The number of carbonyl (C=O) groups is 1. The largest absolute Gasteiger partial charge is 0.496 e. The van der Waals surface area contributed by atoms with E-state index in [4.69, 9.17) is 11.3 Å². The Bertz CT molecular complexity index is 1450. The fourth-order valence-corrected chi connectivity index (χ4v) is 5.91. The Morgan fingerprint density at radius 2 is 1.62 bits per heavy atom. The van der Waals surface area contributed by atoms with Crippen LogP contribution in [0.15, 0.2) is 94.8 Å². The lowest BCUT2D eigenvalue weighted by Gasteiger charge is -2.40. The van der Waals surface area contributed by atoms with E-state index in [1.165, 1.54) is 19.2 Å². The number of hydrogen-bond acceptors (Lipinski definition) is 5. The summed E-state index contributed by atoms with van der Waals surface area (Å²) in [6, 6.07) is 24.9. The summed E-state index contributed by atoms with van der Waals surface area (Å²) in [4.78, 5) is 20.8. The Balaban J connectivity index is 1.50. The van der Waals surface area contributed by atoms with Crippen molar-refractivity contribution in [3.63, 3.8) is 0 Å². The van der Waals surface area contributed by atoms with Crippen LogP contribution in [-0.2, 0) is 15.4 Å². The van der Waals surface area contributed by atoms with Crippen molar-refractivity contribution in [3.8, 4) is 5.75 Å². The Labute approximate surface area is 229 Å². The molecule has 3 aromatic rings. The average Bonchev–Trinajstić information content (AvgIpc) is 2.97. The molecule has 39 heavy (non-hydrogen) atoms. The quantitative estimate of drug-likeness (QED) is 0.171. The third kappa shape index (κ3) is 6.75. The number of ether oxygens (including phenoxy) is 1. The van der Waals surface area contributed by atoms with Gasteiger partial charge in [0.05, 0.1) is 23.6 Å². The van der Waals surface area contributed by atoms with Crippen LogP contribution in [0.4, 0.5) is 0 Å². The molecule has 202 valence electrons. The molecule has 1 saturated carbocycles. The van der Waals surface area contributed by atoms with E-state index in [2.05, 4.69) is 37.5 Å². The highest BCUT2D eigenvalue weighted by Crippen LogP contribution is 2.40. The molecule has 0 aromatic heterocycles. The van der Waals surface area contributed by atoms with Gasteiger partial charge >= 0.3 is 0 Å². The summed E-state index contributed by atoms with van der Waals surface area (Å²) in [6.07, 6.45) is 2.73. The number of para-hydroxylation sites is 1. The lowest BCUT2D eigenvalue weighted by Crippen LogP contribution is -2.45. The predicted octanol–water partition coefficient (Wildman–Crippen LogP) is 4.06. The second-order valence-corrected chi connectivity index (χ2v) is 11.1. The summed E-state index contributed by atoms with van der Waals surface area (Å²) in [5.74, 6) is 0.205. The molecule has 1 fully saturated rings. The van der Waals surface area contributed by atoms with E-state index in [1.54, 1.807) is 36.4 Å². The van der Waals surface area contributed by atoms with Gasteiger partial charge in [-0.15, -0.1) is 0 Å². The maximum absolute atomic E-state index is 13.1. The van der Waals surface area contributed by atoms with Crippen molar-refractivity contribution in [2.75, 3.05) is 13.7 Å². The highest BCUT2D eigenvalue weighted by Gasteiger charge is 2.37. The SMILES string of the molecule is [C-]#[N+]NC(=NC1CCC(CNC(=O)c2ccccc2OC)(c2ccccc2)CC1)NS(=O)(=O)c1ccccc1.